The largest absolute Gasteiger partial charge is 0.365 e. The molecule has 3 rings (SSSR count). The summed E-state index contributed by atoms with van der Waals surface area (Å²) in [5.41, 5.74) is 1.08. The topological polar surface area (TPSA) is 56.7 Å². The molecule has 2 aromatic carbocycles. The Kier molecular flexibility index (Phi) is 9.96. The van der Waals surface area contributed by atoms with E-state index in [4.69, 9.17) is 0 Å². The fourth-order valence-corrected chi connectivity index (χ4v) is 4.41. The van der Waals surface area contributed by atoms with Gasteiger partial charge in [0.05, 0.1) is 0 Å². The van der Waals surface area contributed by atoms with Crippen LogP contribution in [0.4, 0.5) is 14.5 Å². The van der Waals surface area contributed by atoms with E-state index in [1.54, 1.807) is 11.9 Å². The van der Waals surface area contributed by atoms with E-state index in [0.717, 1.165) is 12.0 Å². The van der Waals surface area contributed by atoms with Crippen LogP contribution in [0.3, 0.4) is 0 Å². The van der Waals surface area contributed by atoms with Crippen molar-refractivity contribution >= 4 is 46.4 Å². The quantitative estimate of drug-likeness (QED) is 0.317. The van der Waals surface area contributed by atoms with Crippen molar-refractivity contribution in [3.05, 3.63) is 65.7 Å². The lowest BCUT2D eigenvalue weighted by Crippen LogP contribution is -2.45. The molecule has 1 heterocycles. The molecule has 2 N–H and O–H groups in total. The lowest BCUT2D eigenvalue weighted by Gasteiger charge is -2.21. The first-order valence-electron chi connectivity index (χ1n) is 9.62. The van der Waals surface area contributed by atoms with Crippen LogP contribution in [-0.4, -0.2) is 48.6 Å². The summed E-state index contributed by atoms with van der Waals surface area (Å²) < 4.78 is 40.2. The zero-order chi connectivity index (χ0) is 20.6. The van der Waals surface area contributed by atoms with E-state index in [1.807, 2.05) is 30.3 Å². The van der Waals surface area contributed by atoms with Gasteiger partial charge < -0.3 is 15.5 Å². The summed E-state index contributed by atoms with van der Waals surface area (Å²) in [4.78, 5) is 5.91. The van der Waals surface area contributed by atoms with E-state index >= 15 is 0 Å². The van der Waals surface area contributed by atoms with Gasteiger partial charge in [0.2, 0.25) is 0 Å². The summed E-state index contributed by atoms with van der Waals surface area (Å²) in [5.74, 6) is 0.540. The second-order valence-corrected chi connectivity index (χ2v) is 8.50. The molecule has 9 heteroatoms. The number of guanidine groups is 1. The Morgan fingerprint density at radius 1 is 1.17 bits per heavy atom. The van der Waals surface area contributed by atoms with Gasteiger partial charge in [0.15, 0.2) is 5.96 Å². The molecule has 1 saturated heterocycles. The molecule has 1 fully saturated rings. The van der Waals surface area contributed by atoms with Crippen LogP contribution in [0.2, 0.25) is 0 Å². The van der Waals surface area contributed by atoms with Crippen LogP contribution in [-0.2, 0) is 16.6 Å². The van der Waals surface area contributed by atoms with E-state index < -0.39 is 22.4 Å². The summed E-state index contributed by atoms with van der Waals surface area (Å²) in [5, 5.41) is 6.45. The number of rotatable bonds is 7. The third-order valence-corrected chi connectivity index (χ3v) is 6.11. The maximum absolute atomic E-state index is 14.0. The van der Waals surface area contributed by atoms with Crippen molar-refractivity contribution in [3.63, 3.8) is 0 Å². The summed E-state index contributed by atoms with van der Waals surface area (Å²) in [6.07, 6.45) is 0.744. The van der Waals surface area contributed by atoms with E-state index in [9.17, 15) is 13.0 Å². The smallest absolute Gasteiger partial charge is 0.191 e. The molecule has 2 unspecified atom stereocenters. The van der Waals surface area contributed by atoms with Crippen LogP contribution < -0.4 is 15.5 Å². The molecule has 1 aliphatic heterocycles. The first kappa shape index (κ1) is 24.5. The van der Waals surface area contributed by atoms with E-state index in [2.05, 4.69) is 15.6 Å². The molecule has 0 amide bonds. The third kappa shape index (κ3) is 6.90. The molecule has 2 aromatic rings. The third-order valence-electron chi connectivity index (χ3n) is 4.80. The van der Waals surface area contributed by atoms with Gasteiger partial charge in [-0.25, -0.2) is 8.78 Å². The number of nitrogens with zero attached hydrogens (tertiary/aromatic N) is 2. The van der Waals surface area contributed by atoms with Crippen LogP contribution in [0.1, 0.15) is 12.0 Å². The number of para-hydroxylation sites is 1. The van der Waals surface area contributed by atoms with Crippen LogP contribution in [0.25, 0.3) is 0 Å². The predicted molar refractivity (Wildman–Crippen MR) is 130 cm³/mol. The van der Waals surface area contributed by atoms with Gasteiger partial charge in [-0.3, -0.25) is 9.20 Å². The number of benzene rings is 2. The number of aliphatic imine (C=N–C) groups is 1. The zero-order valence-corrected chi connectivity index (χ0v) is 20.0. The molecule has 0 radical (unpaired) electrons. The fraction of sp³-hybridized carbons (Fsp3) is 0.381. The highest BCUT2D eigenvalue weighted by Crippen LogP contribution is 2.26. The fourth-order valence-electron chi connectivity index (χ4n) is 3.38. The van der Waals surface area contributed by atoms with E-state index in [0.29, 0.717) is 37.1 Å². The lowest BCUT2D eigenvalue weighted by atomic mass is 10.2. The Labute approximate surface area is 195 Å². The molecular formula is C21H27F2IN4OS. The lowest BCUT2D eigenvalue weighted by molar-refractivity contribution is 0.576. The number of anilines is 1. The van der Waals surface area contributed by atoms with E-state index in [1.165, 1.54) is 18.2 Å². The summed E-state index contributed by atoms with van der Waals surface area (Å²) in [6.45, 7) is 1.57. The van der Waals surface area contributed by atoms with Crippen molar-refractivity contribution in [3.8, 4) is 0 Å². The van der Waals surface area contributed by atoms with Gasteiger partial charge in [-0.05, 0) is 24.1 Å². The van der Waals surface area contributed by atoms with E-state index in [-0.39, 0.29) is 35.7 Å². The predicted octanol–water partition coefficient (Wildman–Crippen LogP) is 3.28. The number of hydrogen-bond donors (Lipinski definition) is 2. The second kappa shape index (κ2) is 12.2. The standard InChI is InChI=1S/C21H26F2N4OS.HI/c1-24-21(25-11-13-29(28)15-16-6-3-2-4-7-16)26-17-10-12-27(14-17)20-18(22)8-5-9-19(20)23;/h2-9,17H,10-15H2,1H3,(H2,24,25,26);1H. The van der Waals surface area contributed by atoms with Gasteiger partial charge in [0.1, 0.15) is 17.3 Å². The zero-order valence-electron chi connectivity index (χ0n) is 16.8. The molecule has 30 heavy (non-hydrogen) atoms. The molecule has 0 saturated carbocycles. The maximum atomic E-state index is 14.0. The normalized spacial score (nSPS) is 17.4. The van der Waals surface area contributed by atoms with Gasteiger partial charge in [0, 0.05) is 55.0 Å². The highest BCUT2D eigenvalue weighted by atomic mass is 127. The first-order chi connectivity index (χ1) is 14.1. The van der Waals surface area contributed by atoms with Crippen LogP contribution >= 0.6 is 24.0 Å². The molecule has 164 valence electrons. The van der Waals surface area contributed by atoms with Crippen molar-refractivity contribution < 1.29 is 13.0 Å². The Bertz CT molecular complexity index is 849. The molecule has 0 aromatic heterocycles. The second-order valence-electron chi connectivity index (χ2n) is 6.92. The van der Waals surface area contributed by atoms with Gasteiger partial charge >= 0.3 is 0 Å². The van der Waals surface area contributed by atoms with Crippen molar-refractivity contribution in [2.24, 2.45) is 4.99 Å². The highest BCUT2D eigenvalue weighted by Gasteiger charge is 2.27. The Balaban J connectivity index is 0.00000320. The molecule has 0 spiro atoms. The highest BCUT2D eigenvalue weighted by molar-refractivity contribution is 14.0. The molecule has 1 aliphatic rings. The van der Waals surface area contributed by atoms with Gasteiger partial charge in [-0.15, -0.1) is 24.0 Å². The average Bonchev–Trinajstić information content (AvgIpc) is 3.16. The summed E-state index contributed by atoms with van der Waals surface area (Å²) >= 11 is 0. The minimum atomic E-state index is -0.966. The van der Waals surface area contributed by atoms with Gasteiger partial charge in [-0.2, -0.15) is 0 Å². The minimum absolute atomic E-state index is 0. The molecule has 0 bridgehead atoms. The molecule has 2 atom stereocenters. The van der Waals surface area contributed by atoms with Crippen LogP contribution in [0, 0.1) is 11.6 Å². The van der Waals surface area contributed by atoms with Gasteiger partial charge in [-0.1, -0.05) is 36.4 Å². The molecule has 0 aliphatic carbocycles. The Morgan fingerprint density at radius 2 is 1.87 bits per heavy atom. The maximum Gasteiger partial charge on any atom is 0.191 e. The average molecular weight is 548 g/mol. The Morgan fingerprint density at radius 3 is 2.53 bits per heavy atom. The van der Waals surface area contributed by atoms with Crippen molar-refractivity contribution in [1.82, 2.24) is 10.6 Å². The number of hydrogen-bond acceptors (Lipinski definition) is 3. The van der Waals surface area contributed by atoms with Crippen molar-refractivity contribution in [1.29, 1.82) is 0 Å². The monoisotopic (exact) mass is 548 g/mol. The number of halogens is 3. The summed E-state index contributed by atoms with van der Waals surface area (Å²) in [6, 6.07) is 13.7. The Hall–Kier alpha value is -1.75. The van der Waals surface area contributed by atoms with Crippen molar-refractivity contribution in [2.75, 3.05) is 37.3 Å². The molecule has 5 nitrogen and oxygen atoms in total. The van der Waals surface area contributed by atoms with Crippen LogP contribution in [0.5, 0.6) is 0 Å². The van der Waals surface area contributed by atoms with Crippen LogP contribution in [0.15, 0.2) is 53.5 Å². The van der Waals surface area contributed by atoms with Crippen molar-refractivity contribution in [2.45, 2.75) is 18.2 Å². The minimum Gasteiger partial charge on any atom is -0.365 e. The SMILES string of the molecule is CN=C(NCCS(=O)Cc1ccccc1)NC1CCN(c2c(F)cccc2F)C1.I. The first-order valence-corrected chi connectivity index (χ1v) is 11.1. The number of nitrogens with one attached hydrogen (secondary N) is 2. The summed E-state index contributed by atoms with van der Waals surface area (Å²) in [7, 11) is 0.700. The molecular weight excluding hydrogens is 521 g/mol. The van der Waals surface area contributed by atoms with Gasteiger partial charge in [0.25, 0.3) is 0 Å².